The minimum atomic E-state index is 0.522. The summed E-state index contributed by atoms with van der Waals surface area (Å²) >= 11 is 0. The number of fused-ring (bicyclic) bond motifs is 1. The first-order valence-corrected chi connectivity index (χ1v) is 8.56. The van der Waals surface area contributed by atoms with Crippen molar-refractivity contribution in [3.05, 3.63) is 83.9 Å². The molecule has 0 saturated carbocycles. The first-order chi connectivity index (χ1) is 11.3. The molecule has 3 aromatic carbocycles. The fourth-order valence-corrected chi connectivity index (χ4v) is 3.08. The van der Waals surface area contributed by atoms with Gasteiger partial charge >= 0.3 is 0 Å². The number of rotatable bonds is 7. The summed E-state index contributed by atoms with van der Waals surface area (Å²) in [5, 5.41) is 6.31. The van der Waals surface area contributed by atoms with Crippen molar-refractivity contribution in [1.82, 2.24) is 5.32 Å². The zero-order valence-electron chi connectivity index (χ0n) is 13.8. The van der Waals surface area contributed by atoms with Crippen LogP contribution in [0.15, 0.2) is 72.8 Å². The molecular formula is C22H25N. The van der Waals surface area contributed by atoms with E-state index in [1.54, 1.807) is 0 Å². The maximum absolute atomic E-state index is 3.64. The lowest BCUT2D eigenvalue weighted by atomic mass is 10.0. The molecule has 0 aliphatic rings. The Morgan fingerprint density at radius 1 is 0.783 bits per heavy atom. The second-order valence-electron chi connectivity index (χ2n) is 6.33. The summed E-state index contributed by atoms with van der Waals surface area (Å²) in [6.45, 7) is 3.34. The summed E-state index contributed by atoms with van der Waals surface area (Å²) in [7, 11) is 0. The molecule has 0 spiro atoms. The van der Waals surface area contributed by atoms with Crippen LogP contribution in [-0.2, 0) is 12.8 Å². The lowest BCUT2D eigenvalue weighted by Crippen LogP contribution is -2.29. The van der Waals surface area contributed by atoms with E-state index in [0.717, 1.165) is 19.4 Å². The molecule has 3 rings (SSSR count). The van der Waals surface area contributed by atoms with Gasteiger partial charge in [0.15, 0.2) is 0 Å². The van der Waals surface area contributed by atoms with E-state index < -0.39 is 0 Å². The monoisotopic (exact) mass is 303 g/mol. The van der Waals surface area contributed by atoms with E-state index in [-0.39, 0.29) is 0 Å². The first-order valence-electron chi connectivity index (χ1n) is 8.56. The Balaban J connectivity index is 1.43. The number of aryl methyl sites for hydroxylation is 1. The van der Waals surface area contributed by atoms with Gasteiger partial charge in [-0.05, 0) is 54.6 Å². The fourth-order valence-electron chi connectivity index (χ4n) is 3.08. The Hall–Kier alpha value is -2.12. The third-order valence-electron chi connectivity index (χ3n) is 4.33. The molecule has 0 fully saturated rings. The van der Waals surface area contributed by atoms with E-state index >= 15 is 0 Å². The average molecular weight is 303 g/mol. The van der Waals surface area contributed by atoms with Gasteiger partial charge in [0, 0.05) is 6.04 Å². The van der Waals surface area contributed by atoms with Crippen LogP contribution in [0.25, 0.3) is 10.8 Å². The van der Waals surface area contributed by atoms with Gasteiger partial charge < -0.3 is 5.32 Å². The third kappa shape index (κ3) is 4.67. The van der Waals surface area contributed by atoms with Crippen LogP contribution >= 0.6 is 0 Å². The highest BCUT2D eigenvalue weighted by atomic mass is 14.9. The smallest absolute Gasteiger partial charge is 0.00791 e. The summed E-state index contributed by atoms with van der Waals surface area (Å²) in [6, 6.07) is 26.6. The van der Waals surface area contributed by atoms with Gasteiger partial charge in [0.25, 0.3) is 0 Å². The lowest BCUT2D eigenvalue weighted by molar-refractivity contribution is 0.534. The van der Waals surface area contributed by atoms with Crippen molar-refractivity contribution in [2.24, 2.45) is 0 Å². The summed E-state index contributed by atoms with van der Waals surface area (Å²) in [5.74, 6) is 0. The van der Waals surface area contributed by atoms with E-state index in [2.05, 4.69) is 85.0 Å². The van der Waals surface area contributed by atoms with Crippen molar-refractivity contribution >= 4 is 10.8 Å². The van der Waals surface area contributed by atoms with Gasteiger partial charge in [0.05, 0.1) is 0 Å². The molecule has 1 unspecified atom stereocenters. The third-order valence-corrected chi connectivity index (χ3v) is 4.33. The Bertz CT molecular complexity index is 733. The predicted octanol–water partition coefficient (Wildman–Crippen LogP) is 4.99. The van der Waals surface area contributed by atoms with Crippen molar-refractivity contribution in [1.29, 1.82) is 0 Å². The standard InChI is InChI=1S/C22H25N/c1-18(16-19-8-3-2-4-9-19)23-15-7-10-20-13-14-21-11-5-6-12-22(21)17-20/h2-6,8-9,11-14,17-18,23H,7,10,15-16H2,1H3. The minimum absolute atomic E-state index is 0.522. The van der Waals surface area contributed by atoms with Crippen LogP contribution in [0.5, 0.6) is 0 Å². The number of hydrogen-bond donors (Lipinski definition) is 1. The van der Waals surface area contributed by atoms with Crippen LogP contribution in [0.1, 0.15) is 24.5 Å². The molecule has 0 bridgehead atoms. The fraction of sp³-hybridized carbons (Fsp3) is 0.273. The number of nitrogens with one attached hydrogen (secondary N) is 1. The average Bonchev–Trinajstić information content (AvgIpc) is 2.59. The molecule has 0 heterocycles. The molecule has 0 aliphatic carbocycles. The maximum atomic E-state index is 3.64. The summed E-state index contributed by atoms with van der Waals surface area (Å²) < 4.78 is 0. The van der Waals surface area contributed by atoms with E-state index in [1.165, 1.54) is 28.3 Å². The van der Waals surface area contributed by atoms with Crippen molar-refractivity contribution < 1.29 is 0 Å². The number of benzene rings is 3. The molecule has 1 heteroatoms. The molecule has 0 aromatic heterocycles. The second kappa shape index (κ2) is 7.94. The normalized spacial score (nSPS) is 12.4. The van der Waals surface area contributed by atoms with Gasteiger partial charge in [-0.25, -0.2) is 0 Å². The topological polar surface area (TPSA) is 12.0 Å². The molecule has 118 valence electrons. The van der Waals surface area contributed by atoms with Gasteiger partial charge in [-0.1, -0.05) is 72.8 Å². The van der Waals surface area contributed by atoms with Crippen LogP contribution in [0.2, 0.25) is 0 Å². The van der Waals surface area contributed by atoms with Crippen LogP contribution in [0, 0.1) is 0 Å². The van der Waals surface area contributed by atoms with E-state index in [0.29, 0.717) is 6.04 Å². The van der Waals surface area contributed by atoms with Gasteiger partial charge in [-0.2, -0.15) is 0 Å². The minimum Gasteiger partial charge on any atom is -0.314 e. The highest BCUT2D eigenvalue weighted by Gasteiger charge is 2.02. The van der Waals surface area contributed by atoms with Crippen LogP contribution in [-0.4, -0.2) is 12.6 Å². The van der Waals surface area contributed by atoms with Crippen molar-refractivity contribution in [3.63, 3.8) is 0 Å². The largest absolute Gasteiger partial charge is 0.314 e. The van der Waals surface area contributed by atoms with E-state index in [1.807, 2.05) is 0 Å². The van der Waals surface area contributed by atoms with Gasteiger partial charge in [0.1, 0.15) is 0 Å². The zero-order valence-corrected chi connectivity index (χ0v) is 13.8. The van der Waals surface area contributed by atoms with Crippen LogP contribution in [0.3, 0.4) is 0 Å². The van der Waals surface area contributed by atoms with Gasteiger partial charge in [-0.3, -0.25) is 0 Å². The van der Waals surface area contributed by atoms with E-state index in [9.17, 15) is 0 Å². The molecule has 1 N–H and O–H groups in total. The highest BCUT2D eigenvalue weighted by molar-refractivity contribution is 5.82. The SMILES string of the molecule is CC(Cc1ccccc1)NCCCc1ccc2ccccc2c1. The summed E-state index contributed by atoms with van der Waals surface area (Å²) in [4.78, 5) is 0. The van der Waals surface area contributed by atoms with Crippen LogP contribution in [0.4, 0.5) is 0 Å². The molecule has 0 saturated heterocycles. The Morgan fingerprint density at radius 3 is 2.35 bits per heavy atom. The molecule has 0 amide bonds. The number of hydrogen-bond acceptors (Lipinski definition) is 1. The van der Waals surface area contributed by atoms with Crippen molar-refractivity contribution in [3.8, 4) is 0 Å². The molecule has 1 atom stereocenters. The quantitative estimate of drug-likeness (QED) is 0.606. The molecule has 23 heavy (non-hydrogen) atoms. The molecular weight excluding hydrogens is 278 g/mol. The van der Waals surface area contributed by atoms with Gasteiger partial charge in [-0.15, -0.1) is 0 Å². The first kappa shape index (κ1) is 15.8. The molecule has 3 aromatic rings. The molecule has 0 aliphatic heterocycles. The van der Waals surface area contributed by atoms with E-state index in [4.69, 9.17) is 0 Å². The Morgan fingerprint density at radius 2 is 1.52 bits per heavy atom. The van der Waals surface area contributed by atoms with Gasteiger partial charge in [0.2, 0.25) is 0 Å². The maximum Gasteiger partial charge on any atom is 0.00791 e. The van der Waals surface area contributed by atoms with Crippen LogP contribution < -0.4 is 5.32 Å². The zero-order chi connectivity index (χ0) is 15.9. The lowest BCUT2D eigenvalue weighted by Gasteiger charge is -2.14. The highest BCUT2D eigenvalue weighted by Crippen LogP contribution is 2.16. The van der Waals surface area contributed by atoms with Crippen molar-refractivity contribution in [2.45, 2.75) is 32.2 Å². The Kier molecular flexibility index (Phi) is 5.44. The predicted molar refractivity (Wildman–Crippen MR) is 99.9 cm³/mol. The molecule has 0 radical (unpaired) electrons. The molecule has 1 nitrogen and oxygen atoms in total. The van der Waals surface area contributed by atoms with Crippen molar-refractivity contribution in [2.75, 3.05) is 6.54 Å². The summed E-state index contributed by atoms with van der Waals surface area (Å²) in [6.07, 6.45) is 3.41. The second-order valence-corrected chi connectivity index (χ2v) is 6.33. The Labute approximate surface area is 139 Å². The summed E-state index contributed by atoms with van der Waals surface area (Å²) in [5.41, 5.74) is 2.84.